The average molecular weight is 395 g/mol. The van der Waals surface area contributed by atoms with Crippen LogP contribution in [0.2, 0.25) is 0 Å². The number of amides is 1. The van der Waals surface area contributed by atoms with Crippen molar-refractivity contribution in [1.29, 1.82) is 0 Å². The third-order valence-corrected chi connectivity index (χ3v) is 6.26. The van der Waals surface area contributed by atoms with E-state index in [1.807, 2.05) is 29.2 Å². The van der Waals surface area contributed by atoms with E-state index in [9.17, 15) is 4.79 Å². The summed E-state index contributed by atoms with van der Waals surface area (Å²) < 4.78 is 11.2. The summed E-state index contributed by atoms with van der Waals surface area (Å²) in [6, 6.07) is 16.0. The van der Waals surface area contributed by atoms with E-state index in [0.717, 1.165) is 62.5 Å². The molecular formula is C24H30N2O3. The molecular weight excluding hydrogens is 364 g/mol. The van der Waals surface area contributed by atoms with E-state index in [-0.39, 0.29) is 11.4 Å². The largest absolute Gasteiger partial charge is 0.497 e. The zero-order valence-corrected chi connectivity index (χ0v) is 17.4. The van der Waals surface area contributed by atoms with Gasteiger partial charge in [-0.05, 0) is 63.4 Å². The highest BCUT2D eigenvalue weighted by Crippen LogP contribution is 2.39. The van der Waals surface area contributed by atoms with Crippen molar-refractivity contribution < 1.29 is 14.3 Å². The summed E-state index contributed by atoms with van der Waals surface area (Å²) in [5.41, 5.74) is 1.85. The summed E-state index contributed by atoms with van der Waals surface area (Å²) in [6.07, 6.45) is 3.97. The second-order valence-electron chi connectivity index (χ2n) is 8.05. The second kappa shape index (κ2) is 8.46. The molecule has 1 amide bonds. The van der Waals surface area contributed by atoms with Crippen LogP contribution in [0.25, 0.3) is 0 Å². The van der Waals surface area contributed by atoms with E-state index in [1.165, 1.54) is 5.56 Å². The number of aryl methyl sites for hydroxylation is 1. The first-order valence-corrected chi connectivity index (χ1v) is 10.5. The van der Waals surface area contributed by atoms with E-state index in [2.05, 4.69) is 36.1 Å². The molecule has 1 unspecified atom stereocenters. The molecule has 2 aliphatic rings. The van der Waals surface area contributed by atoms with Crippen molar-refractivity contribution in [1.82, 2.24) is 4.90 Å². The molecule has 2 saturated heterocycles. The molecule has 0 radical (unpaired) electrons. The van der Waals surface area contributed by atoms with E-state index in [0.29, 0.717) is 6.61 Å². The van der Waals surface area contributed by atoms with Gasteiger partial charge in [0, 0.05) is 24.8 Å². The predicted molar refractivity (Wildman–Crippen MR) is 115 cm³/mol. The zero-order chi connectivity index (χ0) is 20.3. The molecule has 0 aliphatic carbocycles. The van der Waals surface area contributed by atoms with Crippen molar-refractivity contribution in [3.05, 3.63) is 54.1 Å². The first-order chi connectivity index (χ1) is 14.1. The van der Waals surface area contributed by atoms with E-state index in [4.69, 9.17) is 9.47 Å². The van der Waals surface area contributed by atoms with Gasteiger partial charge < -0.3 is 14.4 Å². The third-order valence-electron chi connectivity index (χ3n) is 6.26. The van der Waals surface area contributed by atoms with Crippen LogP contribution < -0.4 is 14.4 Å². The lowest BCUT2D eigenvalue weighted by Gasteiger charge is -2.44. The molecule has 0 bridgehead atoms. The highest BCUT2D eigenvalue weighted by atomic mass is 16.5. The maximum absolute atomic E-state index is 13.6. The molecule has 4 rings (SSSR count). The van der Waals surface area contributed by atoms with Gasteiger partial charge in [-0.2, -0.15) is 0 Å². The minimum absolute atomic E-state index is 0.256. The lowest BCUT2D eigenvalue weighted by atomic mass is 9.85. The van der Waals surface area contributed by atoms with Gasteiger partial charge in [0.05, 0.1) is 7.11 Å². The van der Waals surface area contributed by atoms with Crippen LogP contribution in [0.3, 0.4) is 0 Å². The maximum Gasteiger partial charge on any atom is 0.247 e. The molecule has 1 spiro atoms. The van der Waals surface area contributed by atoms with Crippen LogP contribution in [0.5, 0.6) is 11.5 Å². The van der Waals surface area contributed by atoms with Gasteiger partial charge in [-0.15, -0.1) is 0 Å². The van der Waals surface area contributed by atoms with Crippen molar-refractivity contribution in [2.24, 2.45) is 0 Å². The number of rotatable bonds is 6. The standard InChI is InChI=1S/C24H30N2O3/c1-19-8-10-20(11-9-19)26-15-5-13-24(23(26)27)12-4-14-25(24)16-17-29-22-7-3-6-21(18-22)28-2/h3,6-11,18H,4-5,12-17H2,1-2H3. The minimum atomic E-state index is -0.374. The number of anilines is 1. The molecule has 29 heavy (non-hydrogen) atoms. The molecule has 2 heterocycles. The summed E-state index contributed by atoms with van der Waals surface area (Å²) in [5.74, 6) is 1.84. The molecule has 2 aromatic carbocycles. The molecule has 2 aromatic rings. The number of hydrogen-bond donors (Lipinski definition) is 0. The first kappa shape index (κ1) is 19.8. The van der Waals surface area contributed by atoms with Gasteiger partial charge in [0.15, 0.2) is 0 Å². The monoisotopic (exact) mass is 394 g/mol. The Bertz CT molecular complexity index is 851. The van der Waals surface area contributed by atoms with Crippen LogP contribution in [0, 0.1) is 6.92 Å². The summed E-state index contributed by atoms with van der Waals surface area (Å²) in [4.78, 5) is 17.9. The molecule has 5 heteroatoms. The lowest BCUT2D eigenvalue weighted by Crippen LogP contribution is -2.60. The summed E-state index contributed by atoms with van der Waals surface area (Å²) in [6.45, 7) is 5.15. The minimum Gasteiger partial charge on any atom is -0.497 e. The quantitative estimate of drug-likeness (QED) is 0.741. The number of methoxy groups -OCH3 is 1. The second-order valence-corrected chi connectivity index (χ2v) is 8.05. The normalized spacial score (nSPS) is 22.3. The van der Waals surface area contributed by atoms with Gasteiger partial charge in [0.25, 0.3) is 0 Å². The number of ether oxygens (including phenoxy) is 2. The van der Waals surface area contributed by atoms with Crippen LogP contribution in [0.1, 0.15) is 31.2 Å². The fourth-order valence-electron chi connectivity index (χ4n) is 4.71. The number of carbonyl (C=O) groups excluding carboxylic acids is 1. The molecule has 0 N–H and O–H groups in total. The van der Waals surface area contributed by atoms with Crippen LogP contribution in [-0.2, 0) is 4.79 Å². The van der Waals surface area contributed by atoms with Crippen molar-refractivity contribution in [3.8, 4) is 11.5 Å². The van der Waals surface area contributed by atoms with Gasteiger partial charge >= 0.3 is 0 Å². The third kappa shape index (κ3) is 3.97. The number of benzene rings is 2. The Hall–Kier alpha value is -2.53. The number of nitrogens with zero attached hydrogens (tertiary/aromatic N) is 2. The fraction of sp³-hybridized carbons (Fsp3) is 0.458. The van der Waals surface area contributed by atoms with Gasteiger partial charge in [-0.3, -0.25) is 9.69 Å². The Labute approximate surface area is 173 Å². The van der Waals surface area contributed by atoms with Crippen molar-refractivity contribution in [2.45, 2.75) is 38.1 Å². The zero-order valence-electron chi connectivity index (χ0n) is 17.4. The van der Waals surface area contributed by atoms with Crippen molar-refractivity contribution in [3.63, 3.8) is 0 Å². The fourth-order valence-corrected chi connectivity index (χ4v) is 4.71. The topological polar surface area (TPSA) is 42.0 Å². The number of piperidine rings is 1. The molecule has 2 fully saturated rings. The van der Waals surface area contributed by atoms with Crippen molar-refractivity contribution in [2.75, 3.05) is 38.3 Å². The Balaban J connectivity index is 1.44. The van der Waals surface area contributed by atoms with Crippen LogP contribution in [0.4, 0.5) is 5.69 Å². The summed E-state index contributed by atoms with van der Waals surface area (Å²) in [7, 11) is 1.65. The number of hydrogen-bond acceptors (Lipinski definition) is 4. The predicted octanol–water partition coefficient (Wildman–Crippen LogP) is 4.04. The lowest BCUT2D eigenvalue weighted by molar-refractivity contribution is -0.131. The Morgan fingerprint density at radius 1 is 1.00 bits per heavy atom. The summed E-state index contributed by atoms with van der Waals surface area (Å²) in [5, 5.41) is 0. The Morgan fingerprint density at radius 3 is 2.48 bits per heavy atom. The summed E-state index contributed by atoms with van der Waals surface area (Å²) >= 11 is 0. The van der Waals surface area contributed by atoms with Crippen molar-refractivity contribution >= 4 is 11.6 Å². The molecule has 2 aliphatic heterocycles. The molecule has 5 nitrogen and oxygen atoms in total. The van der Waals surface area contributed by atoms with Gasteiger partial charge in [0.2, 0.25) is 5.91 Å². The molecule has 154 valence electrons. The SMILES string of the molecule is COc1cccc(OCCN2CCCC23CCCN(c2ccc(C)cc2)C3=O)c1. The smallest absolute Gasteiger partial charge is 0.247 e. The van der Waals surface area contributed by atoms with Crippen LogP contribution >= 0.6 is 0 Å². The van der Waals surface area contributed by atoms with Gasteiger partial charge in [-0.1, -0.05) is 23.8 Å². The van der Waals surface area contributed by atoms with E-state index < -0.39 is 0 Å². The molecule has 1 atom stereocenters. The number of carbonyl (C=O) groups is 1. The Kier molecular flexibility index (Phi) is 5.76. The number of likely N-dealkylation sites (tertiary alicyclic amines) is 1. The first-order valence-electron chi connectivity index (χ1n) is 10.5. The van der Waals surface area contributed by atoms with Crippen LogP contribution in [-0.4, -0.2) is 49.7 Å². The Morgan fingerprint density at radius 2 is 1.72 bits per heavy atom. The highest BCUT2D eigenvalue weighted by molar-refractivity contribution is 6.01. The average Bonchev–Trinajstić information content (AvgIpc) is 3.14. The highest BCUT2D eigenvalue weighted by Gasteiger charge is 2.50. The molecule has 0 aromatic heterocycles. The molecule has 0 saturated carbocycles. The van der Waals surface area contributed by atoms with Crippen LogP contribution in [0.15, 0.2) is 48.5 Å². The van der Waals surface area contributed by atoms with Gasteiger partial charge in [0.1, 0.15) is 23.6 Å². The van der Waals surface area contributed by atoms with E-state index in [1.54, 1.807) is 7.11 Å². The van der Waals surface area contributed by atoms with E-state index >= 15 is 0 Å². The van der Waals surface area contributed by atoms with Gasteiger partial charge in [-0.25, -0.2) is 0 Å². The maximum atomic E-state index is 13.6.